The van der Waals surface area contributed by atoms with Gasteiger partial charge in [0.2, 0.25) is 15.9 Å². The van der Waals surface area contributed by atoms with Gasteiger partial charge in [0, 0.05) is 12.5 Å². The van der Waals surface area contributed by atoms with Crippen molar-refractivity contribution in [3.8, 4) is 0 Å². The second kappa shape index (κ2) is 9.67. The minimum absolute atomic E-state index is 0.0495. The van der Waals surface area contributed by atoms with E-state index in [1.54, 1.807) is 24.3 Å². The summed E-state index contributed by atoms with van der Waals surface area (Å²) in [7, 11) is -3.45. The topological polar surface area (TPSA) is 75.3 Å². The highest BCUT2D eigenvalue weighted by Gasteiger charge is 2.27. The normalized spacial score (nSPS) is 14.7. The molecule has 32 heavy (non-hydrogen) atoms. The molecule has 1 unspecified atom stereocenters. The summed E-state index contributed by atoms with van der Waals surface area (Å²) in [5.74, 6) is -0.0495. The number of hydrogen-bond acceptors (Lipinski definition) is 3. The monoisotopic (exact) mass is 448 g/mol. The highest BCUT2D eigenvalue weighted by Crippen LogP contribution is 2.24. The van der Waals surface area contributed by atoms with Crippen molar-refractivity contribution >= 4 is 15.9 Å². The lowest BCUT2D eigenvalue weighted by atomic mass is 9.97. The van der Waals surface area contributed by atoms with E-state index in [1.807, 2.05) is 61.5 Å². The summed E-state index contributed by atoms with van der Waals surface area (Å²) >= 11 is 0. The highest BCUT2D eigenvalue weighted by molar-refractivity contribution is 7.89. The first kappa shape index (κ1) is 22.2. The highest BCUT2D eigenvalue weighted by atomic mass is 32.2. The van der Waals surface area contributed by atoms with Gasteiger partial charge in [-0.1, -0.05) is 72.3 Å². The molecule has 0 spiro atoms. The molecule has 1 aliphatic carbocycles. The zero-order valence-electron chi connectivity index (χ0n) is 18.1. The minimum Gasteiger partial charge on any atom is -0.345 e. The third-order valence-corrected chi connectivity index (χ3v) is 7.16. The molecule has 5 nitrogen and oxygen atoms in total. The molecule has 3 aromatic rings. The van der Waals surface area contributed by atoms with E-state index in [9.17, 15) is 13.2 Å². The van der Waals surface area contributed by atoms with E-state index in [0.29, 0.717) is 12.8 Å². The average Bonchev–Trinajstić information content (AvgIpc) is 3.61. The van der Waals surface area contributed by atoms with Crippen molar-refractivity contribution in [3.05, 3.63) is 101 Å². The molecule has 6 heteroatoms. The number of hydrogen-bond donors (Lipinski definition) is 2. The van der Waals surface area contributed by atoms with Crippen LogP contribution in [0.4, 0.5) is 0 Å². The van der Waals surface area contributed by atoms with E-state index < -0.39 is 10.0 Å². The first-order valence-electron chi connectivity index (χ1n) is 10.9. The standard InChI is InChI=1S/C26H28N2O3S/c1-19-7-12-22(13-8-19)26(21-5-3-2-4-6-21)27-25(29)18-11-20-9-16-24(17-10-20)32(30,31)28-23-14-15-23/h2-10,12-13,16-17,23,26,28H,11,14-15,18H2,1H3,(H,27,29). The molecule has 0 heterocycles. The van der Waals surface area contributed by atoms with Crippen molar-refractivity contribution in [1.29, 1.82) is 0 Å². The summed E-state index contributed by atoms with van der Waals surface area (Å²) in [6, 6.07) is 24.7. The molecule has 166 valence electrons. The summed E-state index contributed by atoms with van der Waals surface area (Å²) in [4.78, 5) is 13.0. The van der Waals surface area contributed by atoms with Crippen LogP contribution < -0.4 is 10.0 Å². The molecular weight excluding hydrogens is 420 g/mol. The van der Waals surface area contributed by atoms with Gasteiger partial charge in [0.25, 0.3) is 0 Å². The summed E-state index contributed by atoms with van der Waals surface area (Å²) in [5, 5.41) is 3.16. The molecule has 0 radical (unpaired) electrons. The lowest BCUT2D eigenvalue weighted by molar-refractivity contribution is -0.121. The maximum absolute atomic E-state index is 12.8. The number of sulfonamides is 1. The van der Waals surface area contributed by atoms with Gasteiger partial charge in [0.05, 0.1) is 10.9 Å². The summed E-state index contributed by atoms with van der Waals surface area (Å²) in [5.41, 5.74) is 4.16. The predicted octanol–water partition coefficient (Wildman–Crippen LogP) is 4.27. The fraction of sp³-hybridized carbons (Fsp3) is 0.269. The van der Waals surface area contributed by atoms with Gasteiger partial charge in [-0.25, -0.2) is 13.1 Å². The smallest absolute Gasteiger partial charge is 0.240 e. The van der Waals surface area contributed by atoms with E-state index in [2.05, 4.69) is 10.0 Å². The lowest BCUT2D eigenvalue weighted by Gasteiger charge is -2.20. The quantitative estimate of drug-likeness (QED) is 0.513. The van der Waals surface area contributed by atoms with Crippen LogP contribution in [0.5, 0.6) is 0 Å². The molecule has 1 fully saturated rings. The van der Waals surface area contributed by atoms with E-state index in [4.69, 9.17) is 0 Å². The second-order valence-electron chi connectivity index (χ2n) is 8.36. The number of benzene rings is 3. The zero-order chi connectivity index (χ0) is 22.6. The average molecular weight is 449 g/mol. The van der Waals surface area contributed by atoms with E-state index in [1.165, 1.54) is 5.56 Å². The fourth-order valence-electron chi connectivity index (χ4n) is 3.58. The van der Waals surface area contributed by atoms with Crippen LogP contribution in [0.2, 0.25) is 0 Å². The largest absolute Gasteiger partial charge is 0.345 e. The fourth-order valence-corrected chi connectivity index (χ4v) is 4.88. The van der Waals surface area contributed by atoms with Gasteiger partial charge in [-0.05, 0) is 55.0 Å². The van der Waals surface area contributed by atoms with Crippen LogP contribution in [0.25, 0.3) is 0 Å². The second-order valence-corrected chi connectivity index (χ2v) is 10.1. The Morgan fingerprint density at radius 1 is 0.906 bits per heavy atom. The first-order chi connectivity index (χ1) is 15.4. The number of aryl methyl sites for hydroxylation is 2. The van der Waals surface area contributed by atoms with Crippen LogP contribution in [0.3, 0.4) is 0 Å². The molecule has 1 aliphatic rings. The minimum atomic E-state index is -3.45. The maximum atomic E-state index is 12.8. The van der Waals surface area contributed by atoms with Gasteiger partial charge in [-0.15, -0.1) is 0 Å². The van der Waals surface area contributed by atoms with Gasteiger partial charge < -0.3 is 5.32 Å². The molecule has 2 N–H and O–H groups in total. The molecule has 0 bridgehead atoms. The number of carbonyl (C=O) groups is 1. The Bertz CT molecular complexity index is 1150. The summed E-state index contributed by atoms with van der Waals surface area (Å²) in [6.45, 7) is 2.04. The van der Waals surface area contributed by atoms with Gasteiger partial charge in [-0.3, -0.25) is 4.79 Å². The number of carbonyl (C=O) groups excluding carboxylic acids is 1. The Balaban J connectivity index is 1.39. The number of nitrogens with one attached hydrogen (secondary N) is 2. The van der Waals surface area contributed by atoms with Crippen LogP contribution in [0.15, 0.2) is 83.8 Å². The molecule has 1 amide bonds. The predicted molar refractivity (Wildman–Crippen MR) is 126 cm³/mol. The summed E-state index contributed by atoms with van der Waals surface area (Å²) < 4.78 is 27.3. The Morgan fingerprint density at radius 3 is 2.16 bits per heavy atom. The van der Waals surface area contributed by atoms with E-state index in [0.717, 1.165) is 29.5 Å². The van der Waals surface area contributed by atoms with E-state index in [-0.39, 0.29) is 22.9 Å². The van der Waals surface area contributed by atoms with Gasteiger partial charge in [0.15, 0.2) is 0 Å². The SMILES string of the molecule is Cc1ccc(C(NC(=O)CCc2ccc(S(=O)(=O)NC3CC3)cc2)c2ccccc2)cc1. The van der Waals surface area contributed by atoms with Gasteiger partial charge in [-0.2, -0.15) is 0 Å². The molecule has 1 saturated carbocycles. The molecule has 0 aliphatic heterocycles. The summed E-state index contributed by atoms with van der Waals surface area (Å²) in [6.07, 6.45) is 2.66. The van der Waals surface area contributed by atoms with Crippen molar-refractivity contribution < 1.29 is 13.2 Å². The Labute approximate surface area is 189 Å². The maximum Gasteiger partial charge on any atom is 0.240 e. The van der Waals surface area contributed by atoms with Crippen molar-refractivity contribution in [1.82, 2.24) is 10.0 Å². The van der Waals surface area contributed by atoms with Crippen LogP contribution in [0, 0.1) is 6.92 Å². The number of rotatable bonds is 9. The molecular formula is C26H28N2O3S. The molecule has 4 rings (SSSR count). The molecule has 3 aromatic carbocycles. The van der Waals surface area contributed by atoms with Crippen molar-refractivity contribution in [2.24, 2.45) is 0 Å². The Morgan fingerprint density at radius 2 is 1.53 bits per heavy atom. The third kappa shape index (κ3) is 5.84. The van der Waals surface area contributed by atoms with Gasteiger partial charge in [0.1, 0.15) is 0 Å². The van der Waals surface area contributed by atoms with E-state index >= 15 is 0 Å². The van der Waals surface area contributed by atoms with Gasteiger partial charge >= 0.3 is 0 Å². The molecule has 0 saturated heterocycles. The van der Waals surface area contributed by atoms with Crippen LogP contribution in [-0.2, 0) is 21.2 Å². The van der Waals surface area contributed by atoms with Crippen molar-refractivity contribution in [2.45, 2.75) is 49.6 Å². The van der Waals surface area contributed by atoms with Crippen molar-refractivity contribution in [2.75, 3.05) is 0 Å². The zero-order valence-corrected chi connectivity index (χ0v) is 18.9. The third-order valence-electron chi connectivity index (χ3n) is 5.62. The number of amides is 1. The Hall–Kier alpha value is -2.96. The molecule has 1 atom stereocenters. The lowest BCUT2D eigenvalue weighted by Crippen LogP contribution is -2.29. The van der Waals surface area contributed by atoms with Crippen LogP contribution in [0.1, 0.15) is 47.6 Å². The van der Waals surface area contributed by atoms with Crippen molar-refractivity contribution in [3.63, 3.8) is 0 Å². The molecule has 0 aromatic heterocycles. The van der Waals surface area contributed by atoms with Crippen LogP contribution >= 0.6 is 0 Å². The Kier molecular flexibility index (Phi) is 6.72. The van der Waals surface area contributed by atoms with Crippen LogP contribution in [-0.4, -0.2) is 20.4 Å². The first-order valence-corrected chi connectivity index (χ1v) is 12.4.